The van der Waals surface area contributed by atoms with Crippen molar-refractivity contribution in [2.45, 2.75) is 51.3 Å². The van der Waals surface area contributed by atoms with Crippen LogP contribution in [0.1, 0.15) is 45.2 Å². The molecule has 1 amide bonds. The van der Waals surface area contributed by atoms with Crippen molar-refractivity contribution in [3.8, 4) is 0 Å². The fourth-order valence-corrected chi connectivity index (χ4v) is 3.01. The van der Waals surface area contributed by atoms with Crippen LogP contribution in [-0.2, 0) is 4.74 Å². The number of rotatable bonds is 5. The van der Waals surface area contributed by atoms with Gasteiger partial charge >= 0.3 is 6.09 Å². The Balaban J connectivity index is 1.88. The van der Waals surface area contributed by atoms with Crippen molar-refractivity contribution in [1.29, 1.82) is 0 Å². The van der Waals surface area contributed by atoms with E-state index in [-0.39, 0.29) is 18.0 Å². The molecule has 6 heteroatoms. The zero-order valence-corrected chi connectivity index (χ0v) is 15.6. The van der Waals surface area contributed by atoms with E-state index in [2.05, 4.69) is 10.6 Å². The largest absolute Gasteiger partial charge is 0.444 e. The van der Waals surface area contributed by atoms with Crippen LogP contribution in [0.5, 0.6) is 0 Å². The second kappa shape index (κ2) is 8.63. The summed E-state index contributed by atoms with van der Waals surface area (Å²) in [7, 11) is 1.91. The van der Waals surface area contributed by atoms with E-state index >= 15 is 0 Å². The predicted molar refractivity (Wildman–Crippen MR) is 97.0 cm³/mol. The van der Waals surface area contributed by atoms with Crippen molar-refractivity contribution in [2.75, 3.05) is 26.7 Å². The third-order valence-corrected chi connectivity index (χ3v) is 4.26. The molecule has 140 valence electrons. The van der Waals surface area contributed by atoms with Gasteiger partial charge in [0.1, 0.15) is 11.4 Å². The van der Waals surface area contributed by atoms with E-state index in [1.807, 2.05) is 40.0 Å². The van der Waals surface area contributed by atoms with Crippen LogP contribution >= 0.6 is 0 Å². The summed E-state index contributed by atoms with van der Waals surface area (Å²) < 4.78 is 18.6. The molecule has 1 saturated heterocycles. The fourth-order valence-electron chi connectivity index (χ4n) is 3.01. The first kappa shape index (κ1) is 19.7. The minimum absolute atomic E-state index is 0.115. The minimum atomic E-state index is -0.466. The highest BCUT2D eigenvalue weighted by molar-refractivity contribution is 5.68. The van der Waals surface area contributed by atoms with Crippen molar-refractivity contribution < 1.29 is 13.9 Å². The number of hydrogen-bond acceptors (Lipinski definition) is 4. The first-order chi connectivity index (χ1) is 11.8. The lowest BCUT2D eigenvalue weighted by molar-refractivity contribution is 0.0195. The van der Waals surface area contributed by atoms with Crippen LogP contribution in [0.4, 0.5) is 9.18 Å². The molecule has 0 radical (unpaired) electrons. The van der Waals surface area contributed by atoms with Crippen LogP contribution in [0.15, 0.2) is 24.3 Å². The number of halogens is 1. The average molecular weight is 351 g/mol. The van der Waals surface area contributed by atoms with Gasteiger partial charge in [-0.2, -0.15) is 0 Å². The van der Waals surface area contributed by atoms with E-state index in [0.29, 0.717) is 19.1 Å². The fraction of sp³-hybridized carbons (Fsp3) is 0.632. The first-order valence-electron chi connectivity index (χ1n) is 8.92. The predicted octanol–water partition coefficient (Wildman–Crippen LogP) is 3.08. The lowest BCUT2D eigenvalue weighted by atomic mass is 10.0. The lowest BCUT2D eigenvalue weighted by Gasteiger charge is -2.35. The van der Waals surface area contributed by atoms with Crippen molar-refractivity contribution >= 4 is 6.09 Å². The molecule has 5 nitrogen and oxygen atoms in total. The van der Waals surface area contributed by atoms with Crippen molar-refractivity contribution in [1.82, 2.24) is 15.5 Å². The van der Waals surface area contributed by atoms with Gasteiger partial charge in [0, 0.05) is 31.7 Å². The van der Waals surface area contributed by atoms with Gasteiger partial charge in [0.05, 0.1) is 0 Å². The van der Waals surface area contributed by atoms with Gasteiger partial charge in [-0.3, -0.25) is 0 Å². The third kappa shape index (κ3) is 6.29. The van der Waals surface area contributed by atoms with Gasteiger partial charge < -0.3 is 20.3 Å². The number of benzene rings is 1. The van der Waals surface area contributed by atoms with Gasteiger partial charge in [-0.05, 0) is 58.4 Å². The monoisotopic (exact) mass is 351 g/mol. The number of carbonyl (C=O) groups is 1. The van der Waals surface area contributed by atoms with Crippen LogP contribution in [0.3, 0.4) is 0 Å². The van der Waals surface area contributed by atoms with Crippen LogP contribution in [-0.4, -0.2) is 49.3 Å². The summed E-state index contributed by atoms with van der Waals surface area (Å²) in [6, 6.07) is 7.06. The van der Waals surface area contributed by atoms with E-state index in [9.17, 15) is 9.18 Å². The maximum atomic E-state index is 13.1. The summed E-state index contributed by atoms with van der Waals surface area (Å²) in [6.45, 7) is 7.77. The Morgan fingerprint density at radius 3 is 2.40 bits per heavy atom. The van der Waals surface area contributed by atoms with Gasteiger partial charge in [0.25, 0.3) is 0 Å². The molecular weight excluding hydrogens is 321 g/mol. The number of ether oxygens (including phenoxy) is 1. The molecule has 1 atom stereocenters. The van der Waals surface area contributed by atoms with Crippen LogP contribution in [0.2, 0.25) is 0 Å². The molecule has 0 bridgehead atoms. The highest BCUT2D eigenvalue weighted by atomic mass is 19.1. The van der Waals surface area contributed by atoms with E-state index in [0.717, 1.165) is 24.9 Å². The molecule has 0 spiro atoms. The Bertz CT molecular complexity index is 549. The molecule has 25 heavy (non-hydrogen) atoms. The molecule has 1 aromatic carbocycles. The molecule has 1 fully saturated rings. The van der Waals surface area contributed by atoms with E-state index < -0.39 is 5.60 Å². The van der Waals surface area contributed by atoms with E-state index in [1.165, 1.54) is 12.1 Å². The number of nitrogens with one attached hydrogen (secondary N) is 2. The second-order valence-electron chi connectivity index (χ2n) is 7.57. The smallest absolute Gasteiger partial charge is 0.410 e. The molecule has 0 saturated carbocycles. The summed E-state index contributed by atoms with van der Waals surface area (Å²) in [6.07, 6.45) is 1.51. The van der Waals surface area contributed by atoms with Crippen molar-refractivity contribution in [3.05, 3.63) is 35.6 Å². The van der Waals surface area contributed by atoms with Crippen LogP contribution in [0, 0.1) is 5.82 Å². The van der Waals surface area contributed by atoms with E-state index in [1.54, 1.807) is 4.90 Å². The Morgan fingerprint density at radius 2 is 1.88 bits per heavy atom. The minimum Gasteiger partial charge on any atom is -0.444 e. The van der Waals surface area contributed by atoms with Gasteiger partial charge in [-0.25, -0.2) is 9.18 Å². The summed E-state index contributed by atoms with van der Waals surface area (Å²) in [5, 5.41) is 6.82. The zero-order valence-electron chi connectivity index (χ0n) is 15.6. The molecule has 1 aliphatic heterocycles. The summed E-state index contributed by atoms with van der Waals surface area (Å²) in [5.74, 6) is -0.224. The quantitative estimate of drug-likeness (QED) is 0.856. The summed E-state index contributed by atoms with van der Waals surface area (Å²) >= 11 is 0. The molecule has 1 aromatic rings. The molecule has 0 aromatic heterocycles. The van der Waals surface area contributed by atoms with Crippen LogP contribution in [0.25, 0.3) is 0 Å². The van der Waals surface area contributed by atoms with Crippen molar-refractivity contribution in [2.24, 2.45) is 0 Å². The highest BCUT2D eigenvalue weighted by Gasteiger charge is 2.28. The lowest BCUT2D eigenvalue weighted by Crippen LogP contribution is -2.48. The van der Waals surface area contributed by atoms with Crippen molar-refractivity contribution in [3.63, 3.8) is 0 Å². The highest BCUT2D eigenvalue weighted by Crippen LogP contribution is 2.19. The Morgan fingerprint density at radius 1 is 1.28 bits per heavy atom. The average Bonchev–Trinajstić information content (AvgIpc) is 2.54. The van der Waals surface area contributed by atoms with Gasteiger partial charge in [0.15, 0.2) is 0 Å². The number of nitrogens with zero attached hydrogens (tertiary/aromatic N) is 1. The Kier molecular flexibility index (Phi) is 6.79. The first-order valence-corrected chi connectivity index (χ1v) is 8.92. The molecule has 1 unspecified atom stereocenters. The molecular formula is C19H30FN3O2. The maximum absolute atomic E-state index is 13.1. The number of carbonyl (C=O) groups excluding carboxylic acids is 1. The zero-order chi connectivity index (χ0) is 18.4. The van der Waals surface area contributed by atoms with E-state index in [4.69, 9.17) is 4.74 Å². The van der Waals surface area contributed by atoms with Gasteiger partial charge in [-0.1, -0.05) is 12.1 Å². The SMILES string of the molecule is CNCC(NC1CCN(C(=O)OC(C)(C)C)CC1)c1ccc(F)cc1. The van der Waals surface area contributed by atoms with Gasteiger partial charge in [-0.15, -0.1) is 0 Å². The molecule has 0 aliphatic carbocycles. The molecule has 1 heterocycles. The number of likely N-dealkylation sites (N-methyl/N-ethyl adjacent to an activating group) is 1. The maximum Gasteiger partial charge on any atom is 0.410 e. The molecule has 2 rings (SSSR count). The number of likely N-dealkylation sites (tertiary alicyclic amines) is 1. The summed E-state index contributed by atoms with van der Waals surface area (Å²) in [5.41, 5.74) is 0.595. The second-order valence-corrected chi connectivity index (χ2v) is 7.57. The van der Waals surface area contributed by atoms with Crippen LogP contribution < -0.4 is 10.6 Å². The Hall–Kier alpha value is -1.66. The molecule has 1 aliphatic rings. The topological polar surface area (TPSA) is 53.6 Å². The number of hydrogen-bond donors (Lipinski definition) is 2. The number of piperidine rings is 1. The normalized spacial score (nSPS) is 17.4. The molecule has 2 N–H and O–H groups in total. The Labute approximate surface area is 149 Å². The standard InChI is InChI=1S/C19H30FN3O2/c1-19(2,3)25-18(24)23-11-9-16(10-12-23)22-17(13-21-4)14-5-7-15(20)8-6-14/h5-8,16-17,21-22H,9-13H2,1-4H3. The van der Waals surface area contributed by atoms with Gasteiger partial charge in [0.2, 0.25) is 0 Å². The third-order valence-electron chi connectivity index (χ3n) is 4.26. The summed E-state index contributed by atoms with van der Waals surface area (Å²) in [4.78, 5) is 13.9. The number of amides is 1.